The van der Waals surface area contributed by atoms with Gasteiger partial charge in [-0.05, 0) is 201 Å². The van der Waals surface area contributed by atoms with Gasteiger partial charge < -0.3 is 28.1 Å². The third-order valence-corrected chi connectivity index (χ3v) is 28.6. The number of rotatable bonds is 13. The van der Waals surface area contributed by atoms with Crippen LogP contribution in [0.1, 0.15) is 66.8 Å². The number of hydrogen-bond acceptors (Lipinski definition) is 3. The van der Waals surface area contributed by atoms with Crippen LogP contribution < -0.4 is 63.5 Å². The Labute approximate surface area is 791 Å². The fourth-order valence-electron chi connectivity index (χ4n) is 23.3. The van der Waals surface area contributed by atoms with Gasteiger partial charge in [0.05, 0.1) is 61.5 Å². The van der Waals surface area contributed by atoms with E-state index < -0.39 is 0 Å². The minimum Gasteiger partial charge on any atom is -0.453 e. The van der Waals surface area contributed by atoms with Crippen molar-refractivity contribution >= 4 is 152 Å². The van der Waals surface area contributed by atoms with Crippen LogP contribution in [0.4, 0.5) is 17.1 Å². The molecule has 135 heavy (non-hydrogen) atoms. The molecule has 6 nitrogen and oxygen atoms in total. The lowest BCUT2D eigenvalue weighted by Crippen LogP contribution is -2.55. The molecule has 0 radical (unpaired) electrons. The molecule has 3 aromatic heterocycles. The fraction of sp³-hybridized carbons (Fsp3) is 0.0952. The van der Waals surface area contributed by atoms with Crippen LogP contribution in [0.2, 0.25) is 0 Å². The molecule has 25 rings (SSSR count). The summed E-state index contributed by atoms with van der Waals surface area (Å²) in [6.07, 6.45) is 0. The fourth-order valence-corrected chi connectivity index (χ4v) is 23.3. The number of aryl methyl sites for hydroxylation is 12. The lowest BCUT2D eigenvalue weighted by Gasteiger charge is -2.33. The number of fused-ring (bicyclic) bond motifs is 15. The van der Waals surface area contributed by atoms with Crippen molar-refractivity contribution in [1.29, 1.82) is 0 Å². The van der Waals surface area contributed by atoms with Gasteiger partial charge in [-0.15, -0.1) is 0 Å². The second-order valence-electron chi connectivity index (χ2n) is 37.7. The highest BCUT2D eigenvalue weighted by molar-refractivity contribution is 6.97. The molecule has 0 unspecified atom stereocenters. The zero-order chi connectivity index (χ0) is 91.7. The number of nitrogens with zero attached hydrogens (tertiary/aromatic N) is 4. The Kier molecular flexibility index (Phi) is 20.9. The predicted octanol–water partition coefficient (Wildman–Crippen LogP) is 26.6. The molecule has 22 aromatic rings. The Bertz CT molecular complexity index is 8250. The maximum atomic E-state index is 6.57. The Morgan fingerprint density at radius 2 is 0.467 bits per heavy atom. The normalized spacial score (nSPS) is 12.0. The summed E-state index contributed by atoms with van der Waals surface area (Å²) < 4.78 is 20.2. The minimum atomic E-state index is 0.151. The molecule has 0 saturated heterocycles. The van der Waals surface area contributed by atoms with Crippen molar-refractivity contribution in [3.05, 3.63) is 461 Å². The molecule has 0 aliphatic carbocycles. The summed E-state index contributed by atoms with van der Waals surface area (Å²) in [7, 11) is 0. The van der Waals surface area contributed by atoms with Crippen molar-refractivity contribution < 1.29 is 9.47 Å². The van der Waals surface area contributed by atoms with E-state index in [-0.39, 0.29) is 20.1 Å². The van der Waals surface area contributed by atoms with E-state index in [1.54, 1.807) is 0 Å². The molecule has 646 valence electrons. The molecule has 0 bridgehead atoms. The van der Waals surface area contributed by atoms with Gasteiger partial charge >= 0.3 is 0 Å². The van der Waals surface area contributed by atoms with Crippen molar-refractivity contribution in [3.63, 3.8) is 0 Å². The van der Waals surface area contributed by atoms with Crippen LogP contribution in [0.5, 0.6) is 23.0 Å². The van der Waals surface area contributed by atoms with Crippen LogP contribution in [0.3, 0.4) is 0 Å². The van der Waals surface area contributed by atoms with Crippen molar-refractivity contribution in [2.45, 2.75) is 83.1 Å². The van der Waals surface area contributed by atoms with Crippen LogP contribution >= 0.6 is 0 Å². The Morgan fingerprint density at radius 1 is 0.185 bits per heavy atom. The summed E-state index contributed by atoms with van der Waals surface area (Å²) in [4.78, 5) is 2.44. The van der Waals surface area contributed by atoms with Crippen molar-refractivity contribution in [2.24, 2.45) is 0 Å². The van der Waals surface area contributed by atoms with E-state index in [4.69, 9.17) is 9.47 Å². The first-order valence-corrected chi connectivity index (χ1v) is 47.3. The van der Waals surface area contributed by atoms with Gasteiger partial charge in [0.25, 0.3) is 0 Å². The second kappa shape index (κ2) is 33.8. The van der Waals surface area contributed by atoms with E-state index >= 15 is 0 Å². The number of benzene rings is 19. The quantitative estimate of drug-likeness (QED) is 0.108. The van der Waals surface area contributed by atoms with Crippen LogP contribution in [0.15, 0.2) is 394 Å². The highest BCUT2D eigenvalue weighted by atomic mass is 16.5. The third kappa shape index (κ3) is 14.5. The van der Waals surface area contributed by atoms with Crippen LogP contribution in [-0.2, 0) is 0 Å². The predicted molar refractivity (Wildman–Crippen MR) is 577 cm³/mol. The first kappa shape index (κ1) is 83.5. The van der Waals surface area contributed by atoms with Gasteiger partial charge in [-0.3, -0.25) is 0 Å². The standard InChI is InChI=1S/C48H41BN2.C42H36BNO.C36H24BNO/c1-30-25-32(3)46(33(4)26-30)49(47-34(5)27-31(2)28-35(47)6)38-22-19-36(20-23-38)37-21-24-43-45(29-37)50(39-13-8-7-9-14-39)44-18-12-16-41-40-15-10-11-17-42(40)51(43)48(41)44;1-25-20-27(3)40(28(4)21-25)43(41-29(5)22-26(2)23-30(41)6)33-17-14-31(15-18-33)32-16-19-37-39(24-32)45-38-13-9-11-35-34-10-7-8-12-36(34)44(37)42(35)38;1-3-10-27(11-4-1)37(28-12-5-2-6-13-28)29-21-18-25(19-22-29)26-20-23-33-35(24-26)39-34-17-9-15-31-30-14-7-8-16-32(30)38(33)36(31)34/h7-29H,1-6H3;7-24H,1-6H3;1-24H. The molecule has 9 heteroatoms. The number of para-hydroxylation sites is 7. The zero-order valence-corrected chi connectivity index (χ0v) is 78.4. The topological polar surface area (TPSA) is 36.5 Å². The van der Waals surface area contributed by atoms with E-state index in [9.17, 15) is 0 Å². The van der Waals surface area contributed by atoms with Gasteiger partial charge in [-0.1, -0.05) is 425 Å². The summed E-state index contributed by atoms with van der Waals surface area (Å²) in [5.74, 6) is 3.56. The molecule has 3 aliphatic rings. The first-order valence-electron chi connectivity index (χ1n) is 47.3. The average molecular weight is 1740 g/mol. The number of anilines is 3. The lowest BCUT2D eigenvalue weighted by molar-refractivity contribution is 0.476. The monoisotopic (exact) mass is 1730 g/mol. The largest absolute Gasteiger partial charge is 0.453 e. The molecule has 0 N–H and O–H groups in total. The van der Waals surface area contributed by atoms with Gasteiger partial charge in [0, 0.05) is 38.0 Å². The van der Waals surface area contributed by atoms with Crippen molar-refractivity contribution in [2.75, 3.05) is 4.90 Å². The molecule has 3 aliphatic heterocycles. The molecule has 0 atom stereocenters. The zero-order valence-electron chi connectivity index (χ0n) is 78.4. The van der Waals surface area contributed by atoms with E-state index in [0.717, 1.165) is 62.2 Å². The molecule has 19 aromatic carbocycles. The minimum absolute atomic E-state index is 0.151. The van der Waals surface area contributed by atoms with Gasteiger partial charge in [0.15, 0.2) is 23.0 Å². The molecular weight excluding hydrogens is 1630 g/mol. The molecular formula is C126H101B3N4O2. The van der Waals surface area contributed by atoms with Gasteiger partial charge in [0.1, 0.15) is 0 Å². The van der Waals surface area contributed by atoms with E-state index in [1.165, 1.54) is 210 Å². The summed E-state index contributed by atoms with van der Waals surface area (Å²) in [5.41, 5.74) is 49.3. The summed E-state index contributed by atoms with van der Waals surface area (Å²) in [5, 5.41) is 7.50. The van der Waals surface area contributed by atoms with Crippen LogP contribution in [0, 0.1) is 83.1 Å². The second-order valence-corrected chi connectivity index (χ2v) is 37.7. The van der Waals surface area contributed by atoms with Crippen LogP contribution in [-0.4, -0.2) is 33.8 Å². The Morgan fingerprint density at radius 3 is 0.837 bits per heavy atom. The van der Waals surface area contributed by atoms with Crippen LogP contribution in [0.25, 0.3) is 116 Å². The number of ether oxygens (including phenoxy) is 2. The highest BCUT2D eigenvalue weighted by Crippen LogP contribution is 2.52. The molecule has 0 spiro atoms. The lowest BCUT2D eigenvalue weighted by atomic mass is 9.34. The van der Waals surface area contributed by atoms with Gasteiger partial charge in [-0.25, -0.2) is 0 Å². The smallest absolute Gasteiger partial charge is 0.242 e. The van der Waals surface area contributed by atoms with E-state index in [0.29, 0.717) is 0 Å². The summed E-state index contributed by atoms with van der Waals surface area (Å²) in [6.45, 7) is 27.5. The van der Waals surface area contributed by atoms with Crippen molar-refractivity contribution in [3.8, 4) is 73.4 Å². The third-order valence-electron chi connectivity index (χ3n) is 28.6. The summed E-state index contributed by atoms with van der Waals surface area (Å²) >= 11 is 0. The average Bonchev–Trinajstić information content (AvgIpc) is 1.57. The van der Waals surface area contributed by atoms with Gasteiger partial charge in [0.2, 0.25) is 20.1 Å². The van der Waals surface area contributed by atoms with E-state index in [1.807, 2.05) is 0 Å². The SMILES string of the molecule is Cc1cc(C)c(B(c2ccc(-c3ccc4c(c3)N(c3ccccc3)c3cccc5c6ccccc6n-4c35)cc2)c2c(C)cc(C)cc2C)c(C)c1.Cc1cc(C)c(B(c2ccc(-c3ccc4c(c3)Oc3cccc5c6ccccc6n-4c35)cc2)c2c(C)cc(C)cc2C)c(C)c1.c1ccc(B(c2ccccc2)c2ccc(-c3ccc4c(c3)Oc3cccc5c6ccccc6n-4c35)cc2)cc1. The Balaban J connectivity index is 0.000000115. The molecule has 0 fully saturated rings. The summed E-state index contributed by atoms with van der Waals surface area (Å²) in [6, 6.07) is 144. The first-order chi connectivity index (χ1) is 65.9. The maximum Gasteiger partial charge on any atom is 0.242 e. The molecule has 6 heterocycles. The number of hydrogen-bond donors (Lipinski definition) is 0. The Hall–Kier alpha value is -15.8. The molecule has 0 saturated carbocycles. The van der Waals surface area contributed by atoms with Gasteiger partial charge in [-0.2, -0.15) is 0 Å². The maximum absolute atomic E-state index is 6.57. The van der Waals surface area contributed by atoms with Crippen molar-refractivity contribution in [1.82, 2.24) is 13.7 Å². The molecule has 0 amide bonds. The number of aromatic nitrogens is 3. The highest BCUT2D eigenvalue weighted by Gasteiger charge is 2.35. The van der Waals surface area contributed by atoms with E-state index in [2.05, 4.69) is 496 Å².